The Bertz CT molecular complexity index is 155. The summed E-state index contributed by atoms with van der Waals surface area (Å²) in [5, 5.41) is 22.3. The number of carbonyl (C=O) groups is 2. The van der Waals surface area contributed by atoms with Gasteiger partial charge in [0.25, 0.3) is 0 Å². The van der Waals surface area contributed by atoms with Crippen molar-refractivity contribution in [1.29, 1.82) is 0 Å². The summed E-state index contributed by atoms with van der Waals surface area (Å²) in [6.45, 7) is -1.11. The Labute approximate surface area is 71.1 Å². The van der Waals surface area contributed by atoms with Crippen LogP contribution in [0.15, 0.2) is 0 Å². The van der Waals surface area contributed by atoms with Gasteiger partial charge in [-0.25, -0.2) is 14.5 Å². The van der Waals surface area contributed by atoms with Crippen LogP contribution in [0, 0.1) is 0 Å². The number of cyclic esters (lactones) is 1. The predicted molar refractivity (Wildman–Crippen MR) is 30.4 cm³/mol. The fourth-order valence-electron chi connectivity index (χ4n) is 0.177. The lowest BCUT2D eigenvalue weighted by atomic mass is 10.8. The molecule has 0 bridgehead atoms. The van der Waals surface area contributed by atoms with Gasteiger partial charge in [0.1, 0.15) is 6.61 Å². The Kier molecular flexibility index (Phi) is 6.45. The summed E-state index contributed by atoms with van der Waals surface area (Å²) in [4.78, 5) is 26.7. The molecule has 9 heteroatoms. The van der Waals surface area contributed by atoms with Crippen molar-refractivity contribution in [2.75, 3.05) is 13.4 Å². The van der Waals surface area contributed by atoms with Crippen LogP contribution in [0.4, 0.5) is 4.79 Å². The summed E-state index contributed by atoms with van der Waals surface area (Å²) in [6.07, 6.45) is -0.998. The molecular formula is C4H6O9. The highest BCUT2D eigenvalue weighted by molar-refractivity contribution is 5.67. The number of carboxylic acid groups (broad SMARTS) is 1. The smallest absolute Gasteiger partial charge is 0.480 e. The number of carbonyl (C=O) groups excluding carboxylic acids is 1. The minimum atomic E-state index is -1.19. The van der Waals surface area contributed by atoms with Crippen LogP contribution in [-0.2, 0) is 29.4 Å². The molecule has 9 nitrogen and oxygen atoms in total. The molecule has 0 unspecified atom stereocenters. The van der Waals surface area contributed by atoms with Gasteiger partial charge in [0, 0.05) is 5.04 Å². The molecule has 1 heterocycles. The largest absolute Gasteiger partial charge is 0.544 e. The number of aliphatic carboxylic acids is 1. The van der Waals surface area contributed by atoms with Gasteiger partial charge >= 0.3 is 12.1 Å². The van der Waals surface area contributed by atoms with E-state index in [1.807, 2.05) is 0 Å². The molecule has 0 radical (unpaired) electrons. The molecule has 76 valence electrons. The number of ether oxygens (including phenoxy) is 1. The lowest BCUT2D eigenvalue weighted by Crippen LogP contribution is -2.02. The van der Waals surface area contributed by atoms with Gasteiger partial charge in [-0.05, 0) is 5.04 Å². The second-order valence-corrected chi connectivity index (χ2v) is 1.40. The molecule has 2 N–H and O–H groups in total. The molecule has 1 fully saturated rings. The van der Waals surface area contributed by atoms with E-state index in [4.69, 9.17) is 15.0 Å². The summed E-state index contributed by atoms with van der Waals surface area (Å²) in [5.74, 6) is -1.19. The maximum absolute atomic E-state index is 9.95. The fourth-order valence-corrected chi connectivity index (χ4v) is 0.177. The van der Waals surface area contributed by atoms with Gasteiger partial charge in [-0.1, -0.05) is 0 Å². The van der Waals surface area contributed by atoms with E-state index >= 15 is 0 Å². The molecule has 0 saturated carbocycles. The van der Waals surface area contributed by atoms with Crippen molar-refractivity contribution in [2.24, 2.45) is 0 Å². The van der Waals surface area contributed by atoms with Crippen LogP contribution in [0.3, 0.4) is 0 Å². The van der Waals surface area contributed by atoms with E-state index < -0.39 is 18.7 Å². The minimum absolute atomic E-state index is 0.334. The highest BCUT2D eigenvalue weighted by atomic mass is 17.7. The number of hydrogen-bond donors (Lipinski definition) is 2. The molecule has 1 saturated heterocycles. The first-order valence-corrected chi connectivity index (χ1v) is 2.79. The van der Waals surface area contributed by atoms with Crippen LogP contribution < -0.4 is 0 Å². The zero-order valence-corrected chi connectivity index (χ0v) is 6.17. The average Bonchev–Trinajstić information content (AvgIpc) is 2.33. The highest BCUT2D eigenvalue weighted by Gasteiger charge is 2.10. The summed E-state index contributed by atoms with van der Waals surface area (Å²) in [6, 6.07) is 0. The van der Waals surface area contributed by atoms with Gasteiger partial charge in [0.15, 0.2) is 0 Å². The van der Waals surface area contributed by atoms with Crippen molar-refractivity contribution < 1.29 is 44.4 Å². The Morgan fingerprint density at radius 2 is 2.08 bits per heavy atom. The van der Waals surface area contributed by atoms with Crippen molar-refractivity contribution in [1.82, 2.24) is 0 Å². The van der Waals surface area contributed by atoms with E-state index in [-0.39, 0.29) is 6.79 Å². The Balaban J connectivity index is 0.000000252. The third-order valence-electron chi connectivity index (χ3n) is 0.538. The molecule has 1 aliphatic heterocycles. The molecule has 0 amide bonds. The zero-order valence-electron chi connectivity index (χ0n) is 6.17. The van der Waals surface area contributed by atoms with Crippen LogP contribution in [0.5, 0.6) is 0 Å². The SMILES string of the molecule is O=C(O)CO.O=C1OCOOOO1. The number of hydrogen-bond acceptors (Lipinski definition) is 8. The van der Waals surface area contributed by atoms with Crippen molar-refractivity contribution in [3.05, 3.63) is 0 Å². The van der Waals surface area contributed by atoms with Crippen molar-refractivity contribution in [3.63, 3.8) is 0 Å². The van der Waals surface area contributed by atoms with E-state index in [2.05, 4.69) is 24.6 Å². The first kappa shape index (κ1) is 11.6. The van der Waals surface area contributed by atoms with Crippen LogP contribution in [0.2, 0.25) is 0 Å². The first-order valence-electron chi connectivity index (χ1n) is 2.79. The van der Waals surface area contributed by atoms with Gasteiger partial charge in [0.2, 0.25) is 6.79 Å². The molecule has 0 aromatic rings. The Morgan fingerprint density at radius 3 is 2.62 bits per heavy atom. The van der Waals surface area contributed by atoms with Crippen LogP contribution in [-0.4, -0.2) is 35.7 Å². The Hall–Kier alpha value is -1.42. The second-order valence-electron chi connectivity index (χ2n) is 1.40. The molecule has 0 aromatic heterocycles. The summed E-state index contributed by atoms with van der Waals surface area (Å²) >= 11 is 0. The lowest BCUT2D eigenvalue weighted by Gasteiger charge is -1.87. The monoisotopic (exact) mass is 198 g/mol. The molecular weight excluding hydrogens is 192 g/mol. The van der Waals surface area contributed by atoms with Crippen LogP contribution >= 0.6 is 0 Å². The fraction of sp³-hybridized carbons (Fsp3) is 0.500. The number of aliphatic hydroxyl groups excluding tert-OH is 1. The number of carboxylic acids is 1. The van der Waals surface area contributed by atoms with E-state index in [9.17, 15) is 4.79 Å². The third-order valence-corrected chi connectivity index (χ3v) is 0.538. The average molecular weight is 198 g/mol. The van der Waals surface area contributed by atoms with Crippen LogP contribution in [0.1, 0.15) is 0 Å². The van der Waals surface area contributed by atoms with E-state index in [0.29, 0.717) is 0 Å². The van der Waals surface area contributed by atoms with Crippen molar-refractivity contribution in [3.8, 4) is 0 Å². The van der Waals surface area contributed by atoms with E-state index in [1.165, 1.54) is 0 Å². The quantitative estimate of drug-likeness (QED) is 0.402. The zero-order chi connectivity index (χ0) is 10.1. The molecule has 0 spiro atoms. The summed E-state index contributed by atoms with van der Waals surface area (Å²) in [5.41, 5.74) is 0. The topological polar surface area (TPSA) is 121 Å². The summed E-state index contributed by atoms with van der Waals surface area (Å²) in [7, 11) is 0. The molecule has 0 aliphatic carbocycles. The van der Waals surface area contributed by atoms with Crippen molar-refractivity contribution >= 4 is 12.1 Å². The van der Waals surface area contributed by atoms with Gasteiger partial charge in [-0.2, -0.15) is 4.89 Å². The molecule has 1 aliphatic rings. The molecule has 0 aromatic carbocycles. The normalized spacial score (nSPS) is 15.6. The second kappa shape index (κ2) is 7.24. The van der Waals surface area contributed by atoms with Crippen molar-refractivity contribution in [2.45, 2.75) is 0 Å². The first-order chi connectivity index (χ1) is 6.16. The number of aliphatic hydroxyl groups is 1. The molecule has 1 rings (SSSR count). The number of rotatable bonds is 1. The van der Waals surface area contributed by atoms with Gasteiger partial charge < -0.3 is 14.9 Å². The minimum Gasteiger partial charge on any atom is -0.480 e. The van der Waals surface area contributed by atoms with Gasteiger partial charge in [0.05, 0.1) is 0 Å². The van der Waals surface area contributed by atoms with Gasteiger partial charge in [-0.15, -0.1) is 0 Å². The lowest BCUT2D eigenvalue weighted by molar-refractivity contribution is -0.609. The summed E-state index contributed by atoms with van der Waals surface area (Å²) < 4.78 is 4.07. The maximum Gasteiger partial charge on any atom is 0.544 e. The third kappa shape index (κ3) is 8.49. The molecule has 0 atom stereocenters. The predicted octanol–water partition coefficient (Wildman–Crippen LogP) is -1.03. The van der Waals surface area contributed by atoms with E-state index in [1.54, 1.807) is 0 Å². The van der Waals surface area contributed by atoms with E-state index in [0.717, 1.165) is 0 Å². The standard InChI is InChI=1S/C2H2O6.C2H4O3/c3-2-4-1-5-7-8-6-2;3-1-2(4)5/h1H2;3H,1H2,(H,4,5). The molecule has 13 heavy (non-hydrogen) atoms. The van der Waals surface area contributed by atoms with Gasteiger partial charge in [-0.3, -0.25) is 0 Å². The van der Waals surface area contributed by atoms with Crippen LogP contribution in [0.25, 0.3) is 0 Å². The Morgan fingerprint density at radius 1 is 1.46 bits per heavy atom. The highest BCUT2D eigenvalue weighted by Crippen LogP contribution is 1.94. The maximum atomic E-state index is 9.95.